The average molecular weight is 380 g/mol. The van der Waals surface area contributed by atoms with E-state index in [1.807, 2.05) is 30.3 Å². The van der Waals surface area contributed by atoms with Crippen LogP contribution in [0.5, 0.6) is 0 Å². The van der Waals surface area contributed by atoms with E-state index in [1.54, 1.807) is 11.8 Å². The predicted octanol–water partition coefficient (Wildman–Crippen LogP) is 2.06. The maximum atomic E-state index is 12.3. The minimum absolute atomic E-state index is 0.0716. The van der Waals surface area contributed by atoms with Crippen LogP contribution < -0.4 is 10.9 Å². The molecule has 2 N–H and O–H groups in total. The van der Waals surface area contributed by atoms with Crippen molar-refractivity contribution >= 4 is 29.4 Å². The van der Waals surface area contributed by atoms with Crippen molar-refractivity contribution in [3.8, 4) is 0 Å². The molecule has 0 aliphatic heterocycles. The molecule has 1 fully saturated rings. The number of imidazole rings is 1. The van der Waals surface area contributed by atoms with Gasteiger partial charge in [0.15, 0.2) is 10.3 Å². The first kappa shape index (κ1) is 18.1. The van der Waals surface area contributed by atoms with Crippen molar-refractivity contribution < 1.29 is 4.79 Å². The number of nitrogens with zero attached hydrogens (tertiary/aromatic N) is 3. The van der Waals surface area contributed by atoms with Gasteiger partial charge in [0.05, 0.1) is 0 Å². The Bertz CT molecular complexity index is 796. The predicted molar refractivity (Wildman–Crippen MR) is 99.2 cm³/mol. The average Bonchev–Trinajstić information content (AvgIpc) is 3.01. The van der Waals surface area contributed by atoms with E-state index in [4.69, 9.17) is 0 Å². The van der Waals surface area contributed by atoms with Crippen molar-refractivity contribution in [3.63, 3.8) is 0 Å². The van der Waals surface area contributed by atoms with Gasteiger partial charge in [-0.1, -0.05) is 23.5 Å². The molecule has 1 aliphatic rings. The van der Waals surface area contributed by atoms with E-state index < -0.39 is 5.56 Å². The van der Waals surface area contributed by atoms with Gasteiger partial charge < -0.3 is 14.9 Å². The number of hydrogen-bond donors (Lipinski definition) is 2. The monoisotopic (exact) mass is 379 g/mol. The molecule has 0 spiro atoms. The Hall–Kier alpha value is -1.74. The van der Waals surface area contributed by atoms with Gasteiger partial charge in [0, 0.05) is 36.9 Å². The summed E-state index contributed by atoms with van der Waals surface area (Å²) < 4.78 is 2.02. The Morgan fingerprint density at radius 3 is 2.68 bits per heavy atom. The smallest absolute Gasteiger partial charge is 0.264 e. The fourth-order valence-corrected chi connectivity index (χ4v) is 4.35. The number of aromatic amines is 1. The summed E-state index contributed by atoms with van der Waals surface area (Å²) in [6.45, 7) is 0. The van der Waals surface area contributed by atoms with Crippen LogP contribution in [0.15, 0.2) is 33.7 Å². The Morgan fingerprint density at radius 1 is 1.32 bits per heavy atom. The molecule has 2 aromatic heterocycles. The molecule has 0 unspecified atom stereocenters. The highest BCUT2D eigenvalue weighted by molar-refractivity contribution is 7.99. The van der Waals surface area contributed by atoms with Gasteiger partial charge in [0.2, 0.25) is 0 Å². The van der Waals surface area contributed by atoms with Crippen LogP contribution in [0.25, 0.3) is 0 Å². The summed E-state index contributed by atoms with van der Waals surface area (Å²) in [4.78, 5) is 35.3. The zero-order valence-corrected chi connectivity index (χ0v) is 15.8. The molecule has 2 heterocycles. The normalized spacial score (nSPS) is 20.4. The molecule has 0 atom stereocenters. The summed E-state index contributed by atoms with van der Waals surface area (Å²) in [6.07, 6.45) is 10.8. The molecule has 0 aromatic carbocycles. The molecular formula is C16H21N5O2S2. The van der Waals surface area contributed by atoms with E-state index in [0.29, 0.717) is 10.4 Å². The second-order valence-corrected chi connectivity index (χ2v) is 8.08. The highest BCUT2D eigenvalue weighted by Gasteiger charge is 2.25. The molecule has 9 heteroatoms. The van der Waals surface area contributed by atoms with E-state index in [1.165, 1.54) is 18.0 Å². The number of nitrogens with one attached hydrogen (secondary N) is 2. The van der Waals surface area contributed by atoms with Crippen molar-refractivity contribution in [1.82, 2.24) is 24.8 Å². The lowest BCUT2D eigenvalue weighted by atomic mass is 9.95. The molecule has 25 heavy (non-hydrogen) atoms. The van der Waals surface area contributed by atoms with Crippen molar-refractivity contribution in [2.24, 2.45) is 7.05 Å². The summed E-state index contributed by atoms with van der Waals surface area (Å²) >= 11 is 3.13. The summed E-state index contributed by atoms with van der Waals surface area (Å²) in [5, 5.41) is 5.02. The maximum absolute atomic E-state index is 12.3. The summed E-state index contributed by atoms with van der Waals surface area (Å²) in [6, 6.07) is 0.102. The van der Waals surface area contributed by atoms with E-state index >= 15 is 0 Å². The second kappa shape index (κ2) is 8.09. The molecule has 2 aromatic rings. The zero-order valence-electron chi connectivity index (χ0n) is 14.2. The number of aryl methyl sites for hydroxylation is 1. The van der Waals surface area contributed by atoms with Crippen LogP contribution in [0.3, 0.4) is 0 Å². The van der Waals surface area contributed by atoms with Crippen LogP contribution in [0.2, 0.25) is 0 Å². The van der Waals surface area contributed by atoms with Gasteiger partial charge in [0.25, 0.3) is 11.5 Å². The van der Waals surface area contributed by atoms with E-state index in [-0.39, 0.29) is 17.5 Å². The number of hydrogen-bond acceptors (Lipinski definition) is 6. The van der Waals surface area contributed by atoms with Crippen LogP contribution in [-0.2, 0) is 7.05 Å². The Balaban J connectivity index is 1.52. The molecule has 0 bridgehead atoms. The van der Waals surface area contributed by atoms with Gasteiger partial charge >= 0.3 is 0 Å². The fraction of sp³-hybridized carbons (Fsp3) is 0.500. The molecular weight excluding hydrogens is 358 g/mol. The second-order valence-electron chi connectivity index (χ2n) is 6.02. The Morgan fingerprint density at radius 2 is 2.08 bits per heavy atom. The van der Waals surface area contributed by atoms with Gasteiger partial charge in [-0.3, -0.25) is 9.59 Å². The lowest BCUT2D eigenvalue weighted by molar-refractivity contribution is 0.0926. The van der Waals surface area contributed by atoms with Crippen LogP contribution in [-0.4, -0.2) is 43.0 Å². The van der Waals surface area contributed by atoms with Crippen LogP contribution in [0, 0.1) is 0 Å². The summed E-state index contributed by atoms with van der Waals surface area (Å²) in [7, 11) is 2.00. The van der Waals surface area contributed by atoms with E-state index in [0.717, 1.165) is 30.8 Å². The maximum Gasteiger partial charge on any atom is 0.264 e. The van der Waals surface area contributed by atoms with Crippen LogP contribution in [0.4, 0.5) is 0 Å². The van der Waals surface area contributed by atoms with E-state index in [9.17, 15) is 9.59 Å². The number of rotatable bonds is 5. The third kappa shape index (κ3) is 4.46. The highest BCUT2D eigenvalue weighted by atomic mass is 32.2. The fourth-order valence-electron chi connectivity index (χ4n) is 2.85. The quantitative estimate of drug-likeness (QED) is 0.610. The Labute approximate surface area is 154 Å². The summed E-state index contributed by atoms with van der Waals surface area (Å²) in [5.41, 5.74) is -0.321. The van der Waals surface area contributed by atoms with Gasteiger partial charge in [-0.25, -0.2) is 9.97 Å². The lowest BCUT2D eigenvalue weighted by Crippen LogP contribution is -2.40. The number of aromatic nitrogens is 4. The number of amides is 1. The van der Waals surface area contributed by atoms with Crippen molar-refractivity contribution in [2.75, 3.05) is 6.26 Å². The number of thioether (sulfide) groups is 2. The minimum atomic E-state index is -0.393. The van der Waals surface area contributed by atoms with Crippen LogP contribution in [0.1, 0.15) is 36.0 Å². The SMILES string of the molecule is CSc1ncc(C(=O)NC2CCC(Sc3nccn3C)CC2)c(=O)[nH]1. The number of carbonyl (C=O) groups excluding carboxylic acids is 1. The standard InChI is InChI=1S/C16H21N5O2S2/c1-21-8-7-17-16(21)25-11-5-3-10(4-6-11)19-13(22)12-9-18-15(24-2)20-14(12)23/h7-11H,3-6H2,1-2H3,(H,19,22)(H,18,20,23). The molecule has 1 amide bonds. The molecule has 0 radical (unpaired) electrons. The van der Waals surface area contributed by atoms with Gasteiger partial charge in [-0.15, -0.1) is 0 Å². The topological polar surface area (TPSA) is 92.7 Å². The van der Waals surface area contributed by atoms with E-state index in [2.05, 4.69) is 20.3 Å². The number of H-pyrrole nitrogens is 1. The molecule has 7 nitrogen and oxygen atoms in total. The lowest BCUT2D eigenvalue weighted by Gasteiger charge is -2.28. The van der Waals surface area contributed by atoms with Gasteiger partial charge in [-0.2, -0.15) is 0 Å². The molecule has 134 valence electrons. The third-order valence-electron chi connectivity index (χ3n) is 4.27. The van der Waals surface area contributed by atoms with Crippen molar-refractivity contribution in [3.05, 3.63) is 34.5 Å². The molecule has 3 rings (SSSR count). The first-order chi connectivity index (χ1) is 12.1. The third-order valence-corrected chi connectivity index (χ3v) is 6.28. The zero-order chi connectivity index (χ0) is 17.8. The molecule has 1 aliphatic carbocycles. The van der Waals surface area contributed by atoms with Crippen molar-refractivity contribution in [1.29, 1.82) is 0 Å². The van der Waals surface area contributed by atoms with Crippen molar-refractivity contribution in [2.45, 2.75) is 47.3 Å². The Kier molecular flexibility index (Phi) is 5.85. The van der Waals surface area contributed by atoms with Crippen LogP contribution >= 0.6 is 23.5 Å². The largest absolute Gasteiger partial charge is 0.349 e. The molecule has 0 saturated heterocycles. The van der Waals surface area contributed by atoms with Gasteiger partial charge in [0.1, 0.15) is 5.56 Å². The minimum Gasteiger partial charge on any atom is -0.349 e. The first-order valence-electron chi connectivity index (χ1n) is 8.15. The highest BCUT2D eigenvalue weighted by Crippen LogP contribution is 2.32. The first-order valence-corrected chi connectivity index (χ1v) is 10.3. The summed E-state index contributed by atoms with van der Waals surface area (Å²) in [5.74, 6) is -0.346. The number of carbonyl (C=O) groups is 1. The molecule has 1 saturated carbocycles. The van der Waals surface area contributed by atoms with Gasteiger partial charge in [-0.05, 0) is 31.9 Å².